The van der Waals surface area contributed by atoms with Crippen LogP contribution in [0, 0.1) is 0 Å². The SMILES string of the molecule is CS(=O)(=O)c1ccc(Oc2cc(NC3CCCC3)c3[nH]c(C4NC(CC(=O)O)=CS4)cc3c2)cc1. The Morgan fingerprint density at radius 3 is 2.57 bits per heavy atom. The molecule has 1 unspecified atom stereocenters. The zero-order valence-electron chi connectivity index (χ0n) is 19.2. The van der Waals surface area contributed by atoms with E-state index in [1.165, 1.54) is 19.1 Å². The molecule has 1 fully saturated rings. The van der Waals surface area contributed by atoms with Gasteiger partial charge in [-0.05, 0) is 54.6 Å². The molecule has 3 aromatic rings. The third-order valence-corrected chi connectivity index (χ3v) is 8.41. The first-order chi connectivity index (χ1) is 16.7. The van der Waals surface area contributed by atoms with E-state index in [4.69, 9.17) is 9.84 Å². The van der Waals surface area contributed by atoms with Crippen molar-refractivity contribution in [2.75, 3.05) is 11.6 Å². The van der Waals surface area contributed by atoms with Gasteiger partial charge in [-0.2, -0.15) is 0 Å². The maximum Gasteiger partial charge on any atom is 0.309 e. The number of carboxylic acids is 1. The number of hydrogen-bond donors (Lipinski definition) is 4. The number of H-pyrrole nitrogens is 1. The van der Waals surface area contributed by atoms with Gasteiger partial charge in [0.1, 0.15) is 16.9 Å². The normalized spacial score (nSPS) is 18.4. The highest BCUT2D eigenvalue weighted by molar-refractivity contribution is 8.02. The Morgan fingerprint density at radius 1 is 1.14 bits per heavy atom. The first-order valence-corrected chi connectivity index (χ1v) is 14.3. The van der Waals surface area contributed by atoms with E-state index in [1.54, 1.807) is 36.0 Å². The Labute approximate surface area is 208 Å². The molecule has 2 aliphatic rings. The quantitative estimate of drug-likeness (QED) is 0.317. The molecule has 1 aliphatic heterocycles. The molecule has 35 heavy (non-hydrogen) atoms. The number of hydrogen-bond acceptors (Lipinski definition) is 7. The van der Waals surface area contributed by atoms with Crippen LogP contribution in [0.2, 0.25) is 0 Å². The van der Waals surface area contributed by atoms with Crippen molar-refractivity contribution < 1.29 is 23.1 Å². The van der Waals surface area contributed by atoms with E-state index in [-0.39, 0.29) is 16.7 Å². The number of thioether (sulfide) groups is 1. The van der Waals surface area contributed by atoms with Crippen LogP contribution in [0.3, 0.4) is 0 Å². The van der Waals surface area contributed by atoms with Gasteiger partial charge in [-0.1, -0.05) is 12.8 Å². The highest BCUT2D eigenvalue weighted by Gasteiger charge is 2.23. The van der Waals surface area contributed by atoms with Crippen LogP contribution in [-0.4, -0.2) is 36.8 Å². The Hall–Kier alpha value is -3.11. The molecule has 1 saturated carbocycles. The standard InChI is InChI=1S/C25H27N3O5S2/c1-35(31,32)20-8-6-18(7-9-20)33-19-10-15-11-22(25-27-17(14-34-25)12-23(29)30)28-24(15)21(13-19)26-16-4-2-3-5-16/h6-11,13-14,16,25-28H,2-5,12H2,1H3,(H,29,30). The van der Waals surface area contributed by atoms with Gasteiger partial charge in [0.2, 0.25) is 0 Å². The van der Waals surface area contributed by atoms with Crippen LogP contribution < -0.4 is 15.4 Å². The fourth-order valence-corrected chi connectivity index (χ4v) is 6.10. The Morgan fingerprint density at radius 2 is 1.89 bits per heavy atom. The lowest BCUT2D eigenvalue weighted by molar-refractivity contribution is -0.136. The molecule has 1 aromatic heterocycles. The average molecular weight is 514 g/mol. The summed E-state index contributed by atoms with van der Waals surface area (Å²) in [6.45, 7) is 0. The van der Waals surface area contributed by atoms with Crippen LogP contribution in [0.1, 0.15) is 43.2 Å². The maximum atomic E-state index is 11.8. The van der Waals surface area contributed by atoms with Crippen LogP contribution in [0.5, 0.6) is 11.5 Å². The lowest BCUT2D eigenvalue weighted by Crippen LogP contribution is -2.16. The highest BCUT2D eigenvalue weighted by Crippen LogP contribution is 2.39. The number of fused-ring (bicyclic) bond motifs is 1. The Bertz CT molecular complexity index is 1390. The lowest BCUT2D eigenvalue weighted by Gasteiger charge is -2.16. The molecule has 2 heterocycles. The summed E-state index contributed by atoms with van der Waals surface area (Å²) in [5.74, 6) is 0.332. The zero-order valence-corrected chi connectivity index (χ0v) is 20.8. The monoisotopic (exact) mass is 513 g/mol. The number of benzene rings is 2. The van der Waals surface area contributed by atoms with E-state index in [1.807, 2.05) is 17.5 Å². The van der Waals surface area contributed by atoms with Gasteiger partial charge in [-0.3, -0.25) is 4.79 Å². The number of nitrogens with one attached hydrogen (secondary N) is 3. The Kier molecular flexibility index (Phi) is 6.41. The number of aliphatic carboxylic acids is 1. The summed E-state index contributed by atoms with van der Waals surface area (Å²) in [6.07, 6.45) is 5.80. The number of rotatable bonds is 8. The van der Waals surface area contributed by atoms with Gasteiger partial charge in [0.15, 0.2) is 9.84 Å². The number of carboxylic acid groups (broad SMARTS) is 1. The molecule has 0 spiro atoms. The van der Waals surface area contributed by atoms with Gasteiger partial charge in [0, 0.05) is 35.1 Å². The zero-order chi connectivity index (χ0) is 24.6. The second kappa shape index (κ2) is 9.50. The minimum absolute atomic E-state index is 0.0334. The predicted octanol–water partition coefficient (Wildman–Crippen LogP) is 5.37. The summed E-state index contributed by atoms with van der Waals surface area (Å²) >= 11 is 1.54. The molecule has 0 amide bonds. The van der Waals surface area contributed by atoms with Gasteiger partial charge >= 0.3 is 5.97 Å². The van der Waals surface area contributed by atoms with E-state index in [9.17, 15) is 13.2 Å². The second-order valence-corrected chi connectivity index (χ2v) is 12.0. The molecule has 184 valence electrons. The molecule has 10 heteroatoms. The molecule has 0 radical (unpaired) electrons. The van der Waals surface area contributed by atoms with Crippen molar-refractivity contribution in [3.8, 4) is 11.5 Å². The van der Waals surface area contributed by atoms with Crippen LogP contribution in [0.4, 0.5) is 5.69 Å². The van der Waals surface area contributed by atoms with Gasteiger partial charge in [-0.15, -0.1) is 11.8 Å². The third-order valence-electron chi connectivity index (χ3n) is 6.21. The van der Waals surface area contributed by atoms with E-state index in [0.717, 1.165) is 35.1 Å². The average Bonchev–Trinajstić information content (AvgIpc) is 3.54. The molecule has 1 aliphatic carbocycles. The number of carbonyl (C=O) groups is 1. The topological polar surface area (TPSA) is 121 Å². The summed E-state index contributed by atoms with van der Waals surface area (Å²) < 4.78 is 29.6. The fourth-order valence-electron chi connectivity index (χ4n) is 4.53. The highest BCUT2D eigenvalue weighted by atomic mass is 32.2. The van der Waals surface area contributed by atoms with Gasteiger partial charge in [0.25, 0.3) is 0 Å². The molecular weight excluding hydrogens is 486 g/mol. The van der Waals surface area contributed by atoms with Crippen molar-refractivity contribution in [2.45, 2.75) is 48.4 Å². The van der Waals surface area contributed by atoms with E-state index < -0.39 is 15.8 Å². The van der Waals surface area contributed by atoms with E-state index in [0.29, 0.717) is 23.2 Å². The molecular formula is C25H27N3O5S2. The minimum Gasteiger partial charge on any atom is -0.481 e. The second-order valence-electron chi connectivity index (χ2n) is 9.01. The van der Waals surface area contributed by atoms with Crippen LogP contribution >= 0.6 is 11.8 Å². The number of aromatic amines is 1. The first kappa shape index (κ1) is 23.6. The van der Waals surface area contributed by atoms with Crippen LogP contribution in [-0.2, 0) is 14.6 Å². The van der Waals surface area contributed by atoms with Crippen molar-refractivity contribution in [1.82, 2.24) is 10.3 Å². The molecule has 5 rings (SSSR count). The third kappa shape index (κ3) is 5.43. The van der Waals surface area contributed by atoms with Crippen molar-refractivity contribution in [3.63, 3.8) is 0 Å². The number of ether oxygens (including phenoxy) is 1. The summed E-state index contributed by atoms with van der Waals surface area (Å²) in [5.41, 5.74) is 3.56. The molecule has 8 nitrogen and oxygen atoms in total. The Balaban J connectivity index is 1.44. The number of aromatic nitrogens is 1. The molecule has 4 N–H and O–H groups in total. The largest absolute Gasteiger partial charge is 0.481 e. The van der Waals surface area contributed by atoms with E-state index >= 15 is 0 Å². The van der Waals surface area contributed by atoms with Crippen molar-refractivity contribution in [3.05, 3.63) is 59.3 Å². The lowest BCUT2D eigenvalue weighted by atomic mass is 10.1. The smallest absolute Gasteiger partial charge is 0.309 e. The predicted molar refractivity (Wildman–Crippen MR) is 138 cm³/mol. The van der Waals surface area contributed by atoms with Crippen LogP contribution in [0.25, 0.3) is 10.9 Å². The maximum absolute atomic E-state index is 11.8. The first-order valence-electron chi connectivity index (χ1n) is 11.5. The molecule has 0 saturated heterocycles. The van der Waals surface area contributed by atoms with E-state index in [2.05, 4.69) is 21.7 Å². The summed E-state index contributed by atoms with van der Waals surface area (Å²) in [7, 11) is -3.27. The van der Waals surface area contributed by atoms with Gasteiger partial charge in [-0.25, -0.2) is 8.42 Å². The summed E-state index contributed by atoms with van der Waals surface area (Å²) in [4.78, 5) is 14.8. The fraction of sp³-hybridized carbons (Fsp3) is 0.320. The molecule has 2 aromatic carbocycles. The summed E-state index contributed by atoms with van der Waals surface area (Å²) in [6, 6.07) is 12.8. The van der Waals surface area contributed by atoms with Crippen molar-refractivity contribution in [2.24, 2.45) is 0 Å². The number of sulfone groups is 1. The molecule has 0 bridgehead atoms. The van der Waals surface area contributed by atoms with Gasteiger partial charge < -0.3 is 25.5 Å². The van der Waals surface area contributed by atoms with Crippen molar-refractivity contribution >= 4 is 44.2 Å². The summed E-state index contributed by atoms with van der Waals surface area (Å²) in [5, 5.41) is 18.8. The minimum atomic E-state index is -3.27. The number of anilines is 1. The van der Waals surface area contributed by atoms with Crippen LogP contribution in [0.15, 0.2) is 58.5 Å². The van der Waals surface area contributed by atoms with Crippen molar-refractivity contribution in [1.29, 1.82) is 0 Å². The van der Waals surface area contributed by atoms with Gasteiger partial charge in [0.05, 0.1) is 22.5 Å². The molecule has 1 atom stereocenters.